The van der Waals surface area contributed by atoms with Gasteiger partial charge in [0.05, 0.1) is 11.5 Å². The zero-order valence-electron chi connectivity index (χ0n) is 6.00. The first-order chi connectivity index (χ1) is 4.63. The molecule has 1 atom stereocenters. The molecular weight excluding hydrogens is 132 g/mol. The third-order valence-corrected chi connectivity index (χ3v) is 2.24. The van der Waals surface area contributed by atoms with Crippen molar-refractivity contribution in [2.75, 3.05) is 0 Å². The minimum absolute atomic E-state index is 0.534. The highest BCUT2D eigenvalue weighted by Crippen LogP contribution is 2.49. The van der Waals surface area contributed by atoms with Gasteiger partial charge in [0.1, 0.15) is 0 Å². The van der Waals surface area contributed by atoms with Gasteiger partial charge in [-0.15, -0.1) is 0 Å². The maximum atomic E-state index is 10.5. The van der Waals surface area contributed by atoms with Crippen LogP contribution in [0.15, 0.2) is 0 Å². The first kappa shape index (κ1) is 7.54. The lowest BCUT2D eigenvalue weighted by molar-refractivity contribution is -0.148. The van der Waals surface area contributed by atoms with Crippen molar-refractivity contribution >= 4 is 5.97 Å². The van der Waals surface area contributed by atoms with Crippen LogP contribution in [0.25, 0.3) is 0 Å². The van der Waals surface area contributed by atoms with Gasteiger partial charge >= 0.3 is 5.97 Å². The van der Waals surface area contributed by atoms with Gasteiger partial charge in [0.15, 0.2) is 0 Å². The normalized spacial score (nSPS) is 23.8. The maximum absolute atomic E-state index is 10.5. The molecule has 3 heteroatoms. The minimum Gasteiger partial charge on any atom is -0.481 e. The summed E-state index contributed by atoms with van der Waals surface area (Å²) in [6.45, 7) is 1.80. The topological polar surface area (TPSA) is 57.5 Å². The molecule has 1 aliphatic rings. The Labute approximate surface area is 59.7 Å². The number of carbonyl (C=O) groups is 1. The zero-order chi connectivity index (χ0) is 7.78. The van der Waals surface area contributed by atoms with Crippen molar-refractivity contribution in [3.05, 3.63) is 0 Å². The third kappa shape index (κ3) is 0.904. The molecule has 2 N–H and O–H groups in total. The Morgan fingerprint density at radius 1 is 1.70 bits per heavy atom. The number of rotatable bonds is 3. The van der Waals surface area contributed by atoms with E-state index in [4.69, 9.17) is 5.11 Å². The smallest absolute Gasteiger partial charge is 0.312 e. The van der Waals surface area contributed by atoms with E-state index in [9.17, 15) is 9.90 Å². The van der Waals surface area contributed by atoms with Crippen LogP contribution in [0.2, 0.25) is 0 Å². The van der Waals surface area contributed by atoms with Crippen molar-refractivity contribution in [3.8, 4) is 0 Å². The van der Waals surface area contributed by atoms with Crippen molar-refractivity contribution in [1.29, 1.82) is 0 Å². The summed E-state index contributed by atoms with van der Waals surface area (Å²) in [5.41, 5.74) is -0.769. The molecular formula is C7H12O3. The van der Waals surface area contributed by atoms with Crippen molar-refractivity contribution in [2.24, 2.45) is 5.41 Å². The van der Waals surface area contributed by atoms with Crippen molar-refractivity contribution in [1.82, 2.24) is 0 Å². The molecule has 3 nitrogen and oxygen atoms in total. The number of carboxylic acids is 1. The van der Waals surface area contributed by atoms with Gasteiger partial charge in [-0.05, 0) is 19.3 Å². The first-order valence-electron chi connectivity index (χ1n) is 3.55. The summed E-state index contributed by atoms with van der Waals surface area (Å²) in [5, 5.41) is 17.9. The number of hydrogen-bond acceptors (Lipinski definition) is 2. The lowest BCUT2D eigenvalue weighted by Gasteiger charge is -2.14. The predicted molar refractivity (Wildman–Crippen MR) is 35.6 cm³/mol. The summed E-state index contributed by atoms with van der Waals surface area (Å²) < 4.78 is 0. The quantitative estimate of drug-likeness (QED) is 0.610. The number of aliphatic carboxylic acids is 1. The Bertz CT molecular complexity index is 149. The first-order valence-corrected chi connectivity index (χ1v) is 3.55. The van der Waals surface area contributed by atoms with Gasteiger partial charge in [-0.3, -0.25) is 4.79 Å². The van der Waals surface area contributed by atoms with Crippen LogP contribution in [-0.2, 0) is 4.79 Å². The molecule has 0 radical (unpaired) electrons. The van der Waals surface area contributed by atoms with E-state index in [-0.39, 0.29) is 0 Å². The maximum Gasteiger partial charge on any atom is 0.312 e. The summed E-state index contributed by atoms with van der Waals surface area (Å²) in [6.07, 6.45) is 1.16. The largest absolute Gasteiger partial charge is 0.481 e. The van der Waals surface area contributed by atoms with Gasteiger partial charge in [0.25, 0.3) is 0 Å². The van der Waals surface area contributed by atoms with Crippen LogP contribution in [0.4, 0.5) is 0 Å². The zero-order valence-corrected chi connectivity index (χ0v) is 6.00. The lowest BCUT2D eigenvalue weighted by Crippen LogP contribution is -2.29. The molecule has 1 fully saturated rings. The second-order valence-electron chi connectivity index (χ2n) is 2.89. The molecule has 58 valence electrons. The number of carboxylic acid groups (broad SMARTS) is 1. The number of aliphatic hydroxyl groups is 1. The van der Waals surface area contributed by atoms with Crippen LogP contribution in [-0.4, -0.2) is 22.3 Å². The molecule has 0 aromatic rings. The Hall–Kier alpha value is -0.570. The molecule has 0 aromatic carbocycles. The second kappa shape index (κ2) is 2.23. The van der Waals surface area contributed by atoms with E-state index in [1.807, 2.05) is 0 Å². The van der Waals surface area contributed by atoms with E-state index in [0.29, 0.717) is 19.3 Å². The average molecular weight is 144 g/mol. The second-order valence-corrected chi connectivity index (χ2v) is 2.89. The highest BCUT2D eigenvalue weighted by Gasteiger charge is 2.55. The van der Waals surface area contributed by atoms with E-state index in [0.717, 1.165) is 0 Å². The number of hydrogen-bond donors (Lipinski definition) is 2. The van der Waals surface area contributed by atoms with Crippen molar-refractivity contribution in [2.45, 2.75) is 32.3 Å². The highest BCUT2D eigenvalue weighted by molar-refractivity contribution is 5.78. The summed E-state index contributed by atoms with van der Waals surface area (Å²) in [6, 6.07) is 0. The minimum atomic E-state index is -0.846. The van der Waals surface area contributed by atoms with Crippen LogP contribution in [0.1, 0.15) is 26.2 Å². The van der Waals surface area contributed by atoms with Crippen molar-refractivity contribution < 1.29 is 15.0 Å². The summed E-state index contributed by atoms with van der Waals surface area (Å²) >= 11 is 0. The number of aliphatic hydroxyl groups excluding tert-OH is 1. The third-order valence-electron chi connectivity index (χ3n) is 2.24. The van der Waals surface area contributed by atoms with E-state index in [1.54, 1.807) is 6.92 Å². The van der Waals surface area contributed by atoms with E-state index < -0.39 is 17.5 Å². The molecule has 0 amide bonds. The highest BCUT2D eigenvalue weighted by atomic mass is 16.4. The molecule has 0 spiro atoms. The van der Waals surface area contributed by atoms with Crippen LogP contribution in [0, 0.1) is 5.41 Å². The van der Waals surface area contributed by atoms with Crippen molar-refractivity contribution in [3.63, 3.8) is 0 Å². The van der Waals surface area contributed by atoms with Crippen LogP contribution in [0.3, 0.4) is 0 Å². The van der Waals surface area contributed by atoms with Gasteiger partial charge in [-0.1, -0.05) is 6.92 Å². The van der Waals surface area contributed by atoms with Gasteiger partial charge < -0.3 is 10.2 Å². The van der Waals surface area contributed by atoms with Gasteiger partial charge in [0, 0.05) is 0 Å². The molecule has 0 saturated heterocycles. The van der Waals surface area contributed by atoms with Gasteiger partial charge in [-0.25, -0.2) is 0 Å². The SMILES string of the molecule is CC[C@@H](O)C1(C(=O)O)CC1. The Morgan fingerprint density at radius 2 is 2.20 bits per heavy atom. The average Bonchev–Trinajstić information content (AvgIpc) is 2.65. The molecule has 1 rings (SSSR count). The molecule has 1 saturated carbocycles. The molecule has 0 bridgehead atoms. The molecule has 10 heavy (non-hydrogen) atoms. The van der Waals surface area contributed by atoms with Crippen LogP contribution < -0.4 is 0 Å². The van der Waals surface area contributed by atoms with Crippen LogP contribution in [0.5, 0.6) is 0 Å². The van der Waals surface area contributed by atoms with E-state index in [1.165, 1.54) is 0 Å². The molecule has 0 heterocycles. The van der Waals surface area contributed by atoms with Gasteiger partial charge in [-0.2, -0.15) is 0 Å². The standard InChI is InChI=1S/C7H12O3/c1-2-5(8)7(3-4-7)6(9)10/h5,8H,2-4H2,1H3,(H,9,10)/t5-/m1/s1. The Kier molecular flexibility index (Phi) is 1.68. The Morgan fingerprint density at radius 3 is 2.30 bits per heavy atom. The lowest BCUT2D eigenvalue weighted by atomic mass is 9.98. The van der Waals surface area contributed by atoms with E-state index >= 15 is 0 Å². The van der Waals surface area contributed by atoms with Crippen LogP contribution >= 0.6 is 0 Å². The molecule has 1 aliphatic carbocycles. The fourth-order valence-electron chi connectivity index (χ4n) is 1.22. The predicted octanol–water partition coefficient (Wildman–Crippen LogP) is 0.622. The fraction of sp³-hybridized carbons (Fsp3) is 0.857. The fourth-order valence-corrected chi connectivity index (χ4v) is 1.22. The molecule has 0 unspecified atom stereocenters. The molecule has 0 aliphatic heterocycles. The summed E-state index contributed by atoms with van der Waals surface area (Å²) in [4.78, 5) is 10.5. The molecule has 0 aromatic heterocycles. The summed E-state index contributed by atoms with van der Waals surface area (Å²) in [7, 11) is 0. The summed E-state index contributed by atoms with van der Waals surface area (Å²) in [5.74, 6) is -0.846. The van der Waals surface area contributed by atoms with Gasteiger partial charge in [0.2, 0.25) is 0 Å². The Balaban J connectivity index is 2.60. The monoisotopic (exact) mass is 144 g/mol. The van der Waals surface area contributed by atoms with E-state index in [2.05, 4.69) is 0 Å².